The van der Waals surface area contributed by atoms with Crippen molar-refractivity contribution in [1.82, 2.24) is 10.6 Å². The van der Waals surface area contributed by atoms with Crippen molar-refractivity contribution in [3.63, 3.8) is 0 Å². The standard InChI is InChI=1S/C15H22N2O3/c1-19-9-8-16-10-15(18)17-13-7-6-12-11(13)4-3-5-14(12)20-2/h3-5,13,16H,6-10H2,1-2H3,(H,17,18). The third kappa shape index (κ3) is 3.49. The summed E-state index contributed by atoms with van der Waals surface area (Å²) in [6.07, 6.45) is 1.88. The summed E-state index contributed by atoms with van der Waals surface area (Å²) in [5, 5.41) is 6.11. The zero-order valence-electron chi connectivity index (χ0n) is 12.1. The van der Waals surface area contributed by atoms with Crippen LogP contribution in [0.3, 0.4) is 0 Å². The SMILES string of the molecule is COCCNCC(=O)NC1CCc2c(OC)cccc21. The highest BCUT2D eigenvalue weighted by atomic mass is 16.5. The van der Waals surface area contributed by atoms with Gasteiger partial charge in [0, 0.05) is 13.7 Å². The molecular formula is C15H22N2O3. The van der Waals surface area contributed by atoms with Gasteiger partial charge in [-0.05, 0) is 30.0 Å². The molecule has 5 heteroatoms. The summed E-state index contributed by atoms with van der Waals surface area (Å²) >= 11 is 0. The molecule has 1 amide bonds. The summed E-state index contributed by atoms with van der Waals surface area (Å²) in [6, 6.07) is 6.10. The van der Waals surface area contributed by atoms with Gasteiger partial charge < -0.3 is 20.1 Å². The second kappa shape index (κ2) is 7.26. The molecule has 0 fully saturated rings. The summed E-state index contributed by atoms with van der Waals surface area (Å²) in [5.74, 6) is 0.930. The molecule has 0 radical (unpaired) electrons. The number of carbonyl (C=O) groups excluding carboxylic acids is 1. The van der Waals surface area contributed by atoms with Gasteiger partial charge in [0.15, 0.2) is 0 Å². The van der Waals surface area contributed by atoms with Crippen LogP contribution in [0.15, 0.2) is 18.2 Å². The van der Waals surface area contributed by atoms with E-state index in [9.17, 15) is 4.79 Å². The van der Waals surface area contributed by atoms with Gasteiger partial charge in [-0.25, -0.2) is 0 Å². The molecule has 1 aliphatic carbocycles. The predicted molar refractivity (Wildman–Crippen MR) is 76.9 cm³/mol. The number of fused-ring (bicyclic) bond motifs is 1. The van der Waals surface area contributed by atoms with Crippen molar-refractivity contribution in [1.29, 1.82) is 0 Å². The van der Waals surface area contributed by atoms with Crippen molar-refractivity contribution >= 4 is 5.91 Å². The molecule has 0 aromatic heterocycles. The van der Waals surface area contributed by atoms with E-state index < -0.39 is 0 Å². The van der Waals surface area contributed by atoms with Crippen molar-refractivity contribution < 1.29 is 14.3 Å². The molecule has 0 bridgehead atoms. The summed E-state index contributed by atoms with van der Waals surface area (Å²) in [6.45, 7) is 1.61. The van der Waals surface area contributed by atoms with Crippen molar-refractivity contribution in [2.24, 2.45) is 0 Å². The third-order valence-electron chi connectivity index (χ3n) is 3.55. The minimum absolute atomic E-state index is 0.0155. The first-order valence-corrected chi connectivity index (χ1v) is 6.91. The Hall–Kier alpha value is -1.59. The van der Waals surface area contributed by atoms with E-state index in [0.29, 0.717) is 19.7 Å². The number of rotatable bonds is 7. The first-order valence-electron chi connectivity index (χ1n) is 6.91. The van der Waals surface area contributed by atoms with Gasteiger partial charge >= 0.3 is 0 Å². The largest absolute Gasteiger partial charge is 0.496 e. The van der Waals surface area contributed by atoms with Crippen LogP contribution < -0.4 is 15.4 Å². The van der Waals surface area contributed by atoms with Crippen molar-refractivity contribution in [2.75, 3.05) is 33.9 Å². The predicted octanol–water partition coefficient (Wildman–Crippen LogP) is 1.03. The minimum atomic E-state index is 0.0155. The maximum Gasteiger partial charge on any atom is 0.234 e. The van der Waals surface area contributed by atoms with Crippen molar-refractivity contribution in [3.05, 3.63) is 29.3 Å². The van der Waals surface area contributed by atoms with Crippen LogP contribution in [0.25, 0.3) is 0 Å². The Kier molecular flexibility index (Phi) is 5.38. The number of methoxy groups -OCH3 is 2. The van der Waals surface area contributed by atoms with E-state index in [2.05, 4.69) is 16.7 Å². The van der Waals surface area contributed by atoms with Gasteiger partial charge in [-0.15, -0.1) is 0 Å². The van der Waals surface area contributed by atoms with Crippen LogP contribution in [0.2, 0.25) is 0 Å². The van der Waals surface area contributed by atoms with Crippen molar-refractivity contribution in [3.8, 4) is 5.75 Å². The second-order valence-electron chi connectivity index (χ2n) is 4.86. The van der Waals surface area contributed by atoms with Gasteiger partial charge in [0.05, 0.1) is 26.3 Å². The highest BCUT2D eigenvalue weighted by Crippen LogP contribution is 2.36. The first kappa shape index (κ1) is 14.8. The van der Waals surface area contributed by atoms with Crippen LogP contribution in [0.1, 0.15) is 23.6 Å². The van der Waals surface area contributed by atoms with E-state index >= 15 is 0 Å². The third-order valence-corrected chi connectivity index (χ3v) is 3.55. The highest BCUT2D eigenvalue weighted by molar-refractivity contribution is 5.78. The Balaban J connectivity index is 1.89. The fourth-order valence-electron chi connectivity index (χ4n) is 2.58. The summed E-state index contributed by atoms with van der Waals surface area (Å²) < 4.78 is 10.3. The molecule has 1 aliphatic rings. The van der Waals surface area contributed by atoms with Gasteiger partial charge in [-0.1, -0.05) is 12.1 Å². The van der Waals surface area contributed by atoms with Gasteiger partial charge in [0.2, 0.25) is 5.91 Å². The Morgan fingerprint density at radius 1 is 1.40 bits per heavy atom. The maximum atomic E-state index is 11.9. The smallest absolute Gasteiger partial charge is 0.234 e. The Bertz CT molecular complexity index is 462. The molecule has 1 unspecified atom stereocenters. The number of carbonyl (C=O) groups is 1. The van der Waals surface area contributed by atoms with E-state index in [0.717, 1.165) is 18.6 Å². The lowest BCUT2D eigenvalue weighted by Gasteiger charge is -2.15. The van der Waals surface area contributed by atoms with Crippen LogP contribution in [-0.4, -0.2) is 39.8 Å². The van der Waals surface area contributed by atoms with E-state index in [1.807, 2.05) is 12.1 Å². The molecule has 0 spiro atoms. The Labute approximate surface area is 119 Å². The average molecular weight is 278 g/mol. The van der Waals surface area contributed by atoms with E-state index in [1.54, 1.807) is 14.2 Å². The monoisotopic (exact) mass is 278 g/mol. The summed E-state index contributed by atoms with van der Waals surface area (Å²) in [7, 11) is 3.33. The summed E-state index contributed by atoms with van der Waals surface area (Å²) in [5.41, 5.74) is 2.39. The number of hydrogen-bond donors (Lipinski definition) is 2. The minimum Gasteiger partial charge on any atom is -0.496 e. The van der Waals surface area contributed by atoms with Crippen LogP contribution in [0.5, 0.6) is 5.75 Å². The molecule has 0 saturated carbocycles. The molecule has 0 aliphatic heterocycles. The maximum absolute atomic E-state index is 11.9. The zero-order valence-corrected chi connectivity index (χ0v) is 12.1. The van der Waals surface area contributed by atoms with Gasteiger partial charge in [0.25, 0.3) is 0 Å². The average Bonchev–Trinajstić information content (AvgIpc) is 2.87. The lowest BCUT2D eigenvalue weighted by molar-refractivity contribution is -0.121. The first-order chi connectivity index (χ1) is 9.76. The topological polar surface area (TPSA) is 59.6 Å². The van der Waals surface area contributed by atoms with Gasteiger partial charge in [-0.2, -0.15) is 0 Å². The van der Waals surface area contributed by atoms with Gasteiger partial charge in [0.1, 0.15) is 5.75 Å². The number of ether oxygens (including phenoxy) is 2. The van der Waals surface area contributed by atoms with Crippen LogP contribution >= 0.6 is 0 Å². The Morgan fingerprint density at radius 3 is 3.00 bits per heavy atom. The molecule has 1 aromatic rings. The molecule has 0 saturated heterocycles. The van der Waals surface area contributed by atoms with Gasteiger partial charge in [-0.3, -0.25) is 4.79 Å². The number of benzene rings is 1. The molecule has 20 heavy (non-hydrogen) atoms. The molecule has 2 N–H and O–H groups in total. The fourth-order valence-corrected chi connectivity index (χ4v) is 2.58. The number of amides is 1. The zero-order chi connectivity index (χ0) is 14.4. The van der Waals surface area contributed by atoms with E-state index in [4.69, 9.17) is 9.47 Å². The quantitative estimate of drug-likeness (QED) is 0.732. The van der Waals surface area contributed by atoms with Crippen LogP contribution in [0, 0.1) is 0 Å². The number of hydrogen-bond acceptors (Lipinski definition) is 4. The molecule has 110 valence electrons. The second-order valence-corrected chi connectivity index (χ2v) is 4.86. The van der Waals surface area contributed by atoms with Crippen LogP contribution in [-0.2, 0) is 16.0 Å². The Morgan fingerprint density at radius 2 is 2.25 bits per heavy atom. The molecule has 2 rings (SSSR count). The van der Waals surface area contributed by atoms with Crippen molar-refractivity contribution in [2.45, 2.75) is 18.9 Å². The number of nitrogens with one attached hydrogen (secondary N) is 2. The molecule has 1 atom stereocenters. The highest BCUT2D eigenvalue weighted by Gasteiger charge is 2.26. The van der Waals surface area contributed by atoms with E-state index in [-0.39, 0.29) is 11.9 Å². The summed E-state index contributed by atoms with van der Waals surface area (Å²) in [4.78, 5) is 11.9. The lowest BCUT2D eigenvalue weighted by Crippen LogP contribution is -2.36. The molecular weight excluding hydrogens is 256 g/mol. The molecule has 1 aromatic carbocycles. The lowest BCUT2D eigenvalue weighted by atomic mass is 10.1. The van der Waals surface area contributed by atoms with E-state index in [1.165, 1.54) is 11.1 Å². The van der Waals surface area contributed by atoms with Crippen LogP contribution in [0.4, 0.5) is 0 Å². The molecule has 5 nitrogen and oxygen atoms in total. The normalized spacial score (nSPS) is 16.8. The molecule has 0 heterocycles. The fraction of sp³-hybridized carbons (Fsp3) is 0.533.